The lowest BCUT2D eigenvalue weighted by Crippen LogP contribution is -2.45. The second-order valence-corrected chi connectivity index (χ2v) is 5.64. The number of primary amides is 1. The van der Waals surface area contributed by atoms with Crippen molar-refractivity contribution in [2.75, 3.05) is 0 Å². The van der Waals surface area contributed by atoms with Crippen molar-refractivity contribution in [2.24, 2.45) is 5.73 Å². The summed E-state index contributed by atoms with van der Waals surface area (Å²) < 4.78 is 4.87. The van der Waals surface area contributed by atoms with E-state index in [4.69, 9.17) is 10.5 Å². The number of rotatable bonds is 7. The highest BCUT2D eigenvalue weighted by Crippen LogP contribution is 2.19. The van der Waals surface area contributed by atoms with Crippen LogP contribution in [-0.2, 0) is 16.0 Å². The predicted octanol–water partition coefficient (Wildman–Crippen LogP) is 1.35. The normalized spacial score (nSPS) is 11.3. The maximum atomic E-state index is 12.3. The summed E-state index contributed by atoms with van der Waals surface area (Å²) in [5, 5.41) is 13.6. The summed E-state index contributed by atoms with van der Waals surface area (Å²) in [5.41, 5.74) is 5.65. The molecule has 1 atom stereocenters. The van der Waals surface area contributed by atoms with Crippen molar-refractivity contribution in [3.05, 3.63) is 69.8 Å². The molecule has 0 aromatic heterocycles. The van der Waals surface area contributed by atoms with E-state index in [1.807, 2.05) is 0 Å². The van der Waals surface area contributed by atoms with Crippen LogP contribution in [0.25, 0.3) is 0 Å². The Morgan fingerprint density at radius 3 is 2.33 bits per heavy atom. The summed E-state index contributed by atoms with van der Waals surface area (Å²) in [6.45, 7) is 1.25. The number of nitrogens with one attached hydrogen (secondary N) is 1. The first kappa shape index (κ1) is 19.6. The molecule has 0 saturated heterocycles. The van der Waals surface area contributed by atoms with Crippen molar-refractivity contribution in [3.8, 4) is 5.75 Å². The topological polar surface area (TPSA) is 142 Å². The standard InChI is InChI=1S/C18H17N3O6/c1-11(22)27-14-8-6-12(7-9-14)18(24)20-15(17(19)23)10-13-4-2-3-5-16(13)21(25)26/h2-9,15H,10H2,1H3,(H2,19,23)(H,20,24)/t15-/m0/s1. The van der Waals surface area contributed by atoms with Gasteiger partial charge in [-0.25, -0.2) is 0 Å². The van der Waals surface area contributed by atoms with E-state index in [0.29, 0.717) is 0 Å². The molecule has 0 heterocycles. The van der Waals surface area contributed by atoms with Crippen LogP contribution in [0.5, 0.6) is 5.75 Å². The fraction of sp³-hybridized carbons (Fsp3) is 0.167. The van der Waals surface area contributed by atoms with Gasteiger partial charge >= 0.3 is 5.97 Å². The molecule has 0 aliphatic heterocycles. The largest absolute Gasteiger partial charge is 0.427 e. The molecule has 0 radical (unpaired) electrons. The number of nitro groups is 1. The molecule has 0 bridgehead atoms. The number of carbonyl (C=O) groups is 3. The Labute approximate surface area is 154 Å². The Kier molecular flexibility index (Phi) is 6.21. The minimum atomic E-state index is -1.13. The highest BCUT2D eigenvalue weighted by Gasteiger charge is 2.23. The number of amides is 2. The van der Waals surface area contributed by atoms with Gasteiger partial charge in [0, 0.05) is 30.5 Å². The zero-order chi connectivity index (χ0) is 20.0. The molecule has 9 heteroatoms. The third-order valence-corrected chi connectivity index (χ3v) is 3.64. The average Bonchev–Trinajstić information content (AvgIpc) is 2.61. The SMILES string of the molecule is CC(=O)Oc1ccc(C(=O)N[C@@H](Cc2ccccc2[N+](=O)[O-])C(N)=O)cc1. The van der Waals surface area contributed by atoms with Crippen molar-refractivity contribution in [3.63, 3.8) is 0 Å². The second-order valence-electron chi connectivity index (χ2n) is 5.64. The van der Waals surface area contributed by atoms with Crippen LogP contribution in [0.1, 0.15) is 22.8 Å². The third-order valence-electron chi connectivity index (χ3n) is 3.64. The summed E-state index contributed by atoms with van der Waals surface area (Å²) in [7, 11) is 0. The lowest BCUT2D eigenvalue weighted by molar-refractivity contribution is -0.385. The minimum absolute atomic E-state index is 0.121. The molecule has 0 aliphatic carbocycles. The van der Waals surface area contributed by atoms with E-state index in [0.717, 1.165) is 0 Å². The van der Waals surface area contributed by atoms with E-state index in [-0.39, 0.29) is 29.0 Å². The van der Waals surface area contributed by atoms with Crippen molar-refractivity contribution in [1.29, 1.82) is 0 Å². The van der Waals surface area contributed by atoms with Gasteiger partial charge in [0.25, 0.3) is 11.6 Å². The maximum Gasteiger partial charge on any atom is 0.308 e. The van der Waals surface area contributed by atoms with E-state index in [9.17, 15) is 24.5 Å². The first-order chi connectivity index (χ1) is 12.8. The minimum Gasteiger partial charge on any atom is -0.427 e. The van der Waals surface area contributed by atoms with Gasteiger partial charge in [0.05, 0.1) is 4.92 Å². The van der Waals surface area contributed by atoms with Crippen LogP contribution in [-0.4, -0.2) is 28.7 Å². The van der Waals surface area contributed by atoms with Crippen LogP contribution in [0.15, 0.2) is 48.5 Å². The quantitative estimate of drug-likeness (QED) is 0.326. The van der Waals surface area contributed by atoms with Gasteiger partial charge in [0.15, 0.2) is 0 Å². The number of esters is 1. The number of hydrogen-bond acceptors (Lipinski definition) is 6. The van der Waals surface area contributed by atoms with Crippen LogP contribution < -0.4 is 15.8 Å². The molecule has 2 rings (SSSR count). The molecule has 2 aromatic carbocycles. The molecule has 27 heavy (non-hydrogen) atoms. The van der Waals surface area contributed by atoms with Gasteiger partial charge in [-0.3, -0.25) is 24.5 Å². The number of hydrogen-bond donors (Lipinski definition) is 2. The molecule has 0 aliphatic rings. The lowest BCUT2D eigenvalue weighted by atomic mass is 10.0. The van der Waals surface area contributed by atoms with Gasteiger partial charge in [-0.2, -0.15) is 0 Å². The molecule has 3 N–H and O–H groups in total. The number of nitrogens with two attached hydrogens (primary N) is 1. The average molecular weight is 371 g/mol. The Morgan fingerprint density at radius 2 is 1.78 bits per heavy atom. The number of nitrogens with zero attached hydrogens (tertiary/aromatic N) is 1. The molecule has 0 fully saturated rings. The summed E-state index contributed by atoms with van der Waals surface area (Å²) in [4.78, 5) is 45.5. The number of para-hydroxylation sites is 1. The molecule has 9 nitrogen and oxygen atoms in total. The number of carbonyl (C=O) groups excluding carboxylic acids is 3. The Hall–Kier alpha value is -3.75. The lowest BCUT2D eigenvalue weighted by Gasteiger charge is -2.16. The molecule has 2 amide bonds. The summed E-state index contributed by atoms with van der Waals surface area (Å²) >= 11 is 0. The molecule has 2 aromatic rings. The highest BCUT2D eigenvalue weighted by molar-refractivity contribution is 5.97. The van der Waals surface area contributed by atoms with Crippen molar-refractivity contribution in [2.45, 2.75) is 19.4 Å². The smallest absolute Gasteiger partial charge is 0.308 e. The second kappa shape index (κ2) is 8.56. The van der Waals surface area contributed by atoms with Crippen molar-refractivity contribution >= 4 is 23.5 Å². The van der Waals surface area contributed by atoms with E-state index in [2.05, 4.69) is 5.32 Å². The van der Waals surface area contributed by atoms with E-state index in [1.54, 1.807) is 6.07 Å². The monoisotopic (exact) mass is 371 g/mol. The summed E-state index contributed by atoms with van der Waals surface area (Å²) in [6, 6.07) is 10.5. The number of nitro benzene ring substituents is 1. The Morgan fingerprint density at radius 1 is 1.15 bits per heavy atom. The van der Waals surface area contributed by atoms with Crippen LogP contribution in [0.2, 0.25) is 0 Å². The van der Waals surface area contributed by atoms with Crippen molar-refractivity contribution < 1.29 is 24.0 Å². The van der Waals surface area contributed by atoms with E-state index >= 15 is 0 Å². The van der Waals surface area contributed by atoms with Crippen LogP contribution in [0.4, 0.5) is 5.69 Å². The number of ether oxygens (including phenoxy) is 1. The summed E-state index contributed by atoms with van der Waals surface area (Å²) in [5.74, 6) is -1.64. The Balaban J connectivity index is 2.14. The van der Waals surface area contributed by atoms with Gasteiger partial charge in [-0.1, -0.05) is 18.2 Å². The van der Waals surface area contributed by atoms with E-state index in [1.165, 1.54) is 49.4 Å². The van der Waals surface area contributed by atoms with Gasteiger partial charge in [0.2, 0.25) is 5.91 Å². The predicted molar refractivity (Wildman–Crippen MR) is 95.0 cm³/mol. The fourth-order valence-electron chi connectivity index (χ4n) is 2.39. The van der Waals surface area contributed by atoms with Gasteiger partial charge in [-0.05, 0) is 24.3 Å². The number of benzene rings is 2. The zero-order valence-corrected chi connectivity index (χ0v) is 14.4. The molecular weight excluding hydrogens is 354 g/mol. The maximum absolute atomic E-state index is 12.3. The van der Waals surface area contributed by atoms with Gasteiger partial charge in [-0.15, -0.1) is 0 Å². The molecular formula is C18H17N3O6. The summed E-state index contributed by atoms with van der Waals surface area (Å²) in [6.07, 6.45) is -0.121. The van der Waals surface area contributed by atoms with E-state index < -0.39 is 28.7 Å². The van der Waals surface area contributed by atoms with Crippen LogP contribution in [0, 0.1) is 10.1 Å². The van der Waals surface area contributed by atoms with Gasteiger partial charge in [0.1, 0.15) is 11.8 Å². The first-order valence-electron chi connectivity index (χ1n) is 7.89. The molecule has 0 unspecified atom stereocenters. The molecule has 0 saturated carbocycles. The highest BCUT2D eigenvalue weighted by atomic mass is 16.6. The molecule has 140 valence electrons. The van der Waals surface area contributed by atoms with Crippen molar-refractivity contribution in [1.82, 2.24) is 5.32 Å². The van der Waals surface area contributed by atoms with Gasteiger partial charge < -0.3 is 15.8 Å². The third kappa shape index (κ3) is 5.36. The molecule has 0 spiro atoms. The fourth-order valence-corrected chi connectivity index (χ4v) is 2.39. The first-order valence-corrected chi connectivity index (χ1v) is 7.89. The van der Waals surface area contributed by atoms with Crippen LogP contribution in [0.3, 0.4) is 0 Å². The van der Waals surface area contributed by atoms with Crippen LogP contribution >= 0.6 is 0 Å². The zero-order valence-electron chi connectivity index (χ0n) is 14.4. The Bertz CT molecular complexity index is 879.